The average molecular weight is 519 g/mol. The maximum Gasteiger partial charge on any atom is 0.303 e. The highest BCUT2D eigenvalue weighted by Crippen LogP contribution is 2.28. The standard InChI is InChI=1S/C24H38O12/c1-13-23(35-17(5)27)19(33-15(3)25)11-21(31-13)29-9-7-8-10-30-22-12-20(34-16(4)26)24(14(2)32-22)36-18(6)28/h13-14,19-24H,7-12H2,1-6H3/t13-,14-,19-,20-,21+,22+,23+,24+/m0/s1. The molecule has 8 atom stereocenters. The van der Waals surface area contributed by atoms with Gasteiger partial charge in [-0.1, -0.05) is 0 Å². The van der Waals surface area contributed by atoms with Crippen LogP contribution in [0.2, 0.25) is 0 Å². The fraction of sp³-hybridized carbons (Fsp3) is 0.833. The number of carbonyl (C=O) groups is 4. The molecule has 2 fully saturated rings. The van der Waals surface area contributed by atoms with E-state index in [2.05, 4.69) is 0 Å². The van der Waals surface area contributed by atoms with Gasteiger partial charge in [-0.2, -0.15) is 0 Å². The zero-order chi connectivity index (χ0) is 26.8. The van der Waals surface area contributed by atoms with Crippen molar-refractivity contribution in [2.75, 3.05) is 13.2 Å². The summed E-state index contributed by atoms with van der Waals surface area (Å²) >= 11 is 0. The Labute approximate surface area is 211 Å². The molecule has 0 aromatic rings. The third kappa shape index (κ3) is 10.00. The SMILES string of the molecule is CC(=O)O[C@@H]1[C@H](C)O[C@@H](OCCCCO[C@H]2C[C@H](OC(C)=O)[C@H](OC(C)=O)[C@H](C)O2)C[C@@H]1OC(C)=O. The molecule has 0 N–H and O–H groups in total. The van der Waals surface area contributed by atoms with Crippen molar-refractivity contribution < 1.29 is 57.1 Å². The summed E-state index contributed by atoms with van der Waals surface area (Å²) in [5, 5.41) is 0. The lowest BCUT2D eigenvalue weighted by molar-refractivity contribution is -0.259. The van der Waals surface area contributed by atoms with E-state index in [0.29, 0.717) is 26.1 Å². The van der Waals surface area contributed by atoms with Crippen molar-refractivity contribution in [3.05, 3.63) is 0 Å². The third-order valence-electron chi connectivity index (χ3n) is 5.63. The predicted octanol–water partition coefficient (Wildman–Crippen LogP) is 1.80. The Balaban J connectivity index is 1.73. The van der Waals surface area contributed by atoms with Crippen LogP contribution >= 0.6 is 0 Å². The number of esters is 4. The van der Waals surface area contributed by atoms with Crippen LogP contribution in [0.15, 0.2) is 0 Å². The maximum absolute atomic E-state index is 11.5. The zero-order valence-electron chi connectivity index (χ0n) is 21.8. The number of unbranched alkanes of at least 4 members (excludes halogenated alkanes) is 1. The minimum atomic E-state index is -0.700. The minimum absolute atomic E-state index is 0.243. The van der Waals surface area contributed by atoms with Crippen molar-refractivity contribution in [3.8, 4) is 0 Å². The van der Waals surface area contributed by atoms with Crippen LogP contribution in [-0.2, 0) is 57.1 Å². The molecule has 0 saturated carbocycles. The highest BCUT2D eigenvalue weighted by molar-refractivity contribution is 5.68. The Morgan fingerprint density at radius 1 is 0.611 bits per heavy atom. The Kier molecular flexibility index (Phi) is 12.0. The molecule has 0 radical (unpaired) electrons. The van der Waals surface area contributed by atoms with Gasteiger partial charge in [0, 0.05) is 53.8 Å². The molecule has 0 aliphatic carbocycles. The predicted molar refractivity (Wildman–Crippen MR) is 121 cm³/mol. The Bertz CT molecular complexity index is 693. The molecule has 12 nitrogen and oxygen atoms in total. The molecule has 2 saturated heterocycles. The fourth-order valence-electron chi connectivity index (χ4n) is 4.23. The lowest BCUT2D eigenvalue weighted by Gasteiger charge is -2.39. The van der Waals surface area contributed by atoms with Gasteiger partial charge < -0.3 is 37.9 Å². The summed E-state index contributed by atoms with van der Waals surface area (Å²) in [6.45, 7) is 9.37. The molecule has 2 rings (SSSR count). The van der Waals surface area contributed by atoms with E-state index in [0.717, 1.165) is 0 Å². The first-order valence-corrected chi connectivity index (χ1v) is 12.2. The summed E-state index contributed by atoms with van der Waals surface area (Å²) in [4.78, 5) is 45.7. The topological polar surface area (TPSA) is 142 Å². The molecular formula is C24H38O12. The van der Waals surface area contributed by atoms with E-state index >= 15 is 0 Å². The Hall–Kier alpha value is -2.28. The van der Waals surface area contributed by atoms with Crippen molar-refractivity contribution in [1.29, 1.82) is 0 Å². The second-order valence-corrected chi connectivity index (χ2v) is 8.91. The number of rotatable bonds is 11. The van der Waals surface area contributed by atoms with Crippen LogP contribution in [0.5, 0.6) is 0 Å². The van der Waals surface area contributed by atoms with E-state index < -0.39 is 73.1 Å². The van der Waals surface area contributed by atoms with Crippen molar-refractivity contribution >= 4 is 23.9 Å². The van der Waals surface area contributed by atoms with Crippen LogP contribution in [0.1, 0.15) is 67.2 Å². The van der Waals surface area contributed by atoms with Crippen LogP contribution in [0.3, 0.4) is 0 Å². The second kappa shape index (κ2) is 14.5. The van der Waals surface area contributed by atoms with E-state index in [4.69, 9.17) is 37.9 Å². The van der Waals surface area contributed by atoms with Crippen LogP contribution in [-0.4, -0.2) is 86.3 Å². The molecule has 2 heterocycles. The van der Waals surface area contributed by atoms with Gasteiger partial charge in [0.05, 0.1) is 12.2 Å². The van der Waals surface area contributed by atoms with E-state index in [9.17, 15) is 19.2 Å². The molecular weight excluding hydrogens is 480 g/mol. The molecule has 12 heteroatoms. The molecule has 0 bridgehead atoms. The Morgan fingerprint density at radius 2 is 0.944 bits per heavy atom. The molecule has 0 aromatic heterocycles. The largest absolute Gasteiger partial charge is 0.458 e. The first kappa shape index (κ1) is 29.9. The summed E-state index contributed by atoms with van der Waals surface area (Å²) in [7, 11) is 0. The first-order valence-electron chi connectivity index (χ1n) is 12.2. The highest BCUT2D eigenvalue weighted by atomic mass is 16.7. The molecule has 0 aromatic carbocycles. The van der Waals surface area contributed by atoms with Gasteiger partial charge >= 0.3 is 23.9 Å². The zero-order valence-corrected chi connectivity index (χ0v) is 21.8. The number of carbonyl (C=O) groups excluding carboxylic acids is 4. The first-order chi connectivity index (χ1) is 17.0. The van der Waals surface area contributed by atoms with Crippen LogP contribution in [0, 0.1) is 0 Å². The van der Waals surface area contributed by atoms with Crippen molar-refractivity contribution in [2.24, 2.45) is 0 Å². The lowest BCUT2D eigenvalue weighted by atomic mass is 10.0. The summed E-state index contributed by atoms with van der Waals surface area (Å²) < 4.78 is 44.3. The smallest absolute Gasteiger partial charge is 0.303 e. The van der Waals surface area contributed by atoms with Crippen LogP contribution < -0.4 is 0 Å². The van der Waals surface area contributed by atoms with Gasteiger partial charge in [-0.25, -0.2) is 0 Å². The molecule has 0 unspecified atom stereocenters. The Morgan fingerprint density at radius 3 is 1.25 bits per heavy atom. The number of ether oxygens (including phenoxy) is 8. The van der Waals surface area contributed by atoms with Gasteiger partial charge in [-0.05, 0) is 26.7 Å². The normalized spacial score (nSPS) is 32.3. The molecule has 0 amide bonds. The van der Waals surface area contributed by atoms with Crippen molar-refractivity contribution in [2.45, 2.75) is 116 Å². The van der Waals surface area contributed by atoms with E-state index in [1.807, 2.05) is 0 Å². The summed E-state index contributed by atoms with van der Waals surface area (Å²) in [5.41, 5.74) is 0. The molecule has 2 aliphatic heterocycles. The van der Waals surface area contributed by atoms with Gasteiger partial charge in [0.2, 0.25) is 0 Å². The summed E-state index contributed by atoms with van der Waals surface area (Å²) in [5.74, 6) is -1.91. The molecule has 2 aliphatic rings. The second-order valence-electron chi connectivity index (χ2n) is 8.91. The number of hydrogen-bond donors (Lipinski definition) is 0. The van der Waals surface area contributed by atoms with Gasteiger partial charge in [-0.3, -0.25) is 19.2 Å². The van der Waals surface area contributed by atoms with Crippen LogP contribution in [0.4, 0.5) is 0 Å². The maximum atomic E-state index is 11.5. The summed E-state index contributed by atoms with van der Waals surface area (Å²) in [6, 6.07) is 0. The fourth-order valence-corrected chi connectivity index (χ4v) is 4.23. The molecule has 0 spiro atoms. The van der Waals surface area contributed by atoms with E-state index in [1.54, 1.807) is 13.8 Å². The molecule has 206 valence electrons. The van der Waals surface area contributed by atoms with Crippen molar-refractivity contribution in [3.63, 3.8) is 0 Å². The number of hydrogen-bond acceptors (Lipinski definition) is 12. The molecule has 36 heavy (non-hydrogen) atoms. The highest BCUT2D eigenvalue weighted by Gasteiger charge is 2.42. The quantitative estimate of drug-likeness (QED) is 0.223. The van der Waals surface area contributed by atoms with E-state index in [1.165, 1.54) is 27.7 Å². The van der Waals surface area contributed by atoms with E-state index in [-0.39, 0.29) is 12.8 Å². The lowest BCUT2D eigenvalue weighted by Crippen LogP contribution is -2.51. The monoisotopic (exact) mass is 518 g/mol. The van der Waals surface area contributed by atoms with Gasteiger partial charge in [0.25, 0.3) is 0 Å². The third-order valence-corrected chi connectivity index (χ3v) is 5.63. The van der Waals surface area contributed by atoms with Gasteiger partial charge in [0.1, 0.15) is 12.2 Å². The van der Waals surface area contributed by atoms with Crippen molar-refractivity contribution in [1.82, 2.24) is 0 Å². The minimum Gasteiger partial charge on any atom is -0.458 e. The van der Waals surface area contributed by atoms with Crippen LogP contribution in [0.25, 0.3) is 0 Å². The summed E-state index contributed by atoms with van der Waals surface area (Å²) in [6.07, 6.45) is -3.15. The van der Waals surface area contributed by atoms with Gasteiger partial charge in [-0.15, -0.1) is 0 Å². The average Bonchev–Trinajstić information content (AvgIpc) is 2.74. The van der Waals surface area contributed by atoms with Gasteiger partial charge in [0.15, 0.2) is 24.8 Å².